The minimum absolute atomic E-state index is 0.227. The molecular weight excluding hydrogens is 514 g/mol. The van der Waals surface area contributed by atoms with E-state index in [-0.39, 0.29) is 5.91 Å². The van der Waals surface area contributed by atoms with E-state index in [0.29, 0.717) is 48.3 Å². The summed E-state index contributed by atoms with van der Waals surface area (Å²) in [6.07, 6.45) is 0. The number of hydrogen-bond donors (Lipinski definition) is 1. The molecule has 5 rings (SSSR count). The van der Waals surface area contributed by atoms with Crippen LogP contribution < -0.4 is 19.5 Å². The fraction of sp³-hybridized carbons (Fsp3) is 0.176. The average Bonchev–Trinajstić information content (AvgIpc) is 3.36. The van der Waals surface area contributed by atoms with Gasteiger partial charge in [0.15, 0.2) is 11.5 Å². The second-order valence-corrected chi connectivity index (χ2v) is 9.34. The van der Waals surface area contributed by atoms with Crippen LogP contribution in [0.5, 0.6) is 17.2 Å². The Morgan fingerprint density at radius 3 is 2.12 bits per heavy atom. The molecule has 5 aromatic rings. The van der Waals surface area contributed by atoms with Gasteiger partial charge in [0.2, 0.25) is 0 Å². The first-order valence-corrected chi connectivity index (χ1v) is 13.7. The number of amides is 1. The van der Waals surface area contributed by atoms with Gasteiger partial charge in [-0.25, -0.2) is 4.68 Å². The summed E-state index contributed by atoms with van der Waals surface area (Å²) in [6, 6.07) is 32.7. The lowest BCUT2D eigenvalue weighted by Crippen LogP contribution is -2.14. The van der Waals surface area contributed by atoms with Crippen LogP contribution in [0.4, 0.5) is 5.69 Å². The number of nitrogens with zero attached hydrogens (tertiary/aromatic N) is 2. The van der Waals surface area contributed by atoms with Crippen molar-refractivity contribution in [3.8, 4) is 34.2 Å². The molecule has 4 aromatic carbocycles. The summed E-state index contributed by atoms with van der Waals surface area (Å²) in [6.45, 7) is 7.29. The second-order valence-electron chi connectivity index (χ2n) is 9.34. The van der Waals surface area contributed by atoms with Crippen molar-refractivity contribution in [1.82, 2.24) is 9.78 Å². The van der Waals surface area contributed by atoms with Gasteiger partial charge < -0.3 is 19.5 Å². The van der Waals surface area contributed by atoms with E-state index in [1.807, 2.05) is 129 Å². The molecular formula is C34H33N3O4. The minimum atomic E-state index is -0.227. The van der Waals surface area contributed by atoms with Gasteiger partial charge in [-0.05, 0) is 74.9 Å². The van der Waals surface area contributed by atoms with Gasteiger partial charge in [-0.1, -0.05) is 54.6 Å². The van der Waals surface area contributed by atoms with Gasteiger partial charge in [0.05, 0.1) is 30.2 Å². The molecule has 0 atom stereocenters. The third-order valence-corrected chi connectivity index (χ3v) is 6.52. The Hall–Kier alpha value is -5.04. The van der Waals surface area contributed by atoms with Crippen molar-refractivity contribution in [2.24, 2.45) is 0 Å². The fourth-order valence-electron chi connectivity index (χ4n) is 4.57. The summed E-state index contributed by atoms with van der Waals surface area (Å²) in [5, 5.41) is 7.87. The predicted octanol–water partition coefficient (Wildman–Crippen LogP) is 7.48. The standard InChI is InChI=1S/C34H33N3O4/c1-4-39-30-21-16-25(22-31(30)40-5-2)23-41-29-19-17-27(18-20-29)35-34(38)32-24(3)37(28-14-10-7-11-15-28)36-33(32)26-12-8-6-9-13-26/h6-22H,4-5,23H2,1-3H3,(H,35,38). The van der Waals surface area contributed by atoms with Gasteiger partial charge in [-0.3, -0.25) is 4.79 Å². The highest BCUT2D eigenvalue weighted by Crippen LogP contribution is 2.30. The van der Waals surface area contributed by atoms with Gasteiger partial charge in [-0.15, -0.1) is 0 Å². The van der Waals surface area contributed by atoms with Crippen molar-refractivity contribution < 1.29 is 19.0 Å². The highest BCUT2D eigenvalue weighted by Gasteiger charge is 2.23. The number of rotatable bonds is 11. The lowest BCUT2D eigenvalue weighted by molar-refractivity contribution is 0.102. The molecule has 1 N–H and O–H groups in total. The molecule has 0 saturated heterocycles. The molecule has 7 nitrogen and oxygen atoms in total. The van der Waals surface area contributed by atoms with Crippen LogP contribution in [0.1, 0.15) is 35.5 Å². The number of hydrogen-bond acceptors (Lipinski definition) is 5. The molecule has 0 radical (unpaired) electrons. The van der Waals surface area contributed by atoms with Crippen molar-refractivity contribution in [3.05, 3.63) is 120 Å². The molecule has 0 fully saturated rings. The van der Waals surface area contributed by atoms with Gasteiger partial charge in [0, 0.05) is 11.3 Å². The lowest BCUT2D eigenvalue weighted by Gasteiger charge is -2.13. The molecule has 1 amide bonds. The predicted molar refractivity (Wildman–Crippen MR) is 161 cm³/mol. The first kappa shape index (κ1) is 27.5. The summed E-state index contributed by atoms with van der Waals surface area (Å²) in [7, 11) is 0. The van der Waals surface area contributed by atoms with E-state index in [9.17, 15) is 4.79 Å². The molecule has 0 aliphatic heterocycles. The molecule has 7 heteroatoms. The normalized spacial score (nSPS) is 10.7. The quantitative estimate of drug-likeness (QED) is 0.186. The van der Waals surface area contributed by atoms with Crippen LogP contribution in [0.3, 0.4) is 0 Å². The summed E-state index contributed by atoms with van der Waals surface area (Å²) in [5.74, 6) is 1.88. The Balaban J connectivity index is 1.32. The van der Waals surface area contributed by atoms with Crippen LogP contribution in [0, 0.1) is 6.92 Å². The minimum Gasteiger partial charge on any atom is -0.490 e. The van der Waals surface area contributed by atoms with Crippen LogP contribution in [-0.4, -0.2) is 28.9 Å². The topological polar surface area (TPSA) is 74.6 Å². The van der Waals surface area contributed by atoms with Crippen molar-refractivity contribution in [1.29, 1.82) is 0 Å². The SMILES string of the molecule is CCOc1ccc(COc2ccc(NC(=O)c3c(-c4ccccc4)nn(-c4ccccc4)c3C)cc2)cc1OCC. The summed E-state index contributed by atoms with van der Waals surface area (Å²) in [4.78, 5) is 13.6. The second kappa shape index (κ2) is 12.9. The van der Waals surface area contributed by atoms with Crippen LogP contribution >= 0.6 is 0 Å². The van der Waals surface area contributed by atoms with E-state index in [1.165, 1.54) is 0 Å². The molecule has 0 saturated carbocycles. The van der Waals surface area contributed by atoms with E-state index in [1.54, 1.807) is 0 Å². The van der Waals surface area contributed by atoms with Crippen LogP contribution in [0.15, 0.2) is 103 Å². The maximum Gasteiger partial charge on any atom is 0.259 e. The molecule has 0 bridgehead atoms. The highest BCUT2D eigenvalue weighted by atomic mass is 16.5. The van der Waals surface area contributed by atoms with Crippen molar-refractivity contribution in [3.63, 3.8) is 0 Å². The summed E-state index contributed by atoms with van der Waals surface area (Å²) < 4.78 is 19.2. The highest BCUT2D eigenvalue weighted by molar-refractivity contribution is 6.09. The van der Waals surface area contributed by atoms with E-state index in [2.05, 4.69) is 5.32 Å². The Morgan fingerprint density at radius 2 is 1.44 bits per heavy atom. The van der Waals surface area contributed by atoms with E-state index in [0.717, 1.165) is 28.3 Å². The zero-order valence-corrected chi connectivity index (χ0v) is 23.5. The number of carbonyl (C=O) groups excluding carboxylic acids is 1. The molecule has 0 spiro atoms. The average molecular weight is 548 g/mol. The van der Waals surface area contributed by atoms with E-state index in [4.69, 9.17) is 19.3 Å². The molecule has 1 heterocycles. The number of ether oxygens (including phenoxy) is 3. The maximum absolute atomic E-state index is 13.6. The third kappa shape index (κ3) is 6.41. The molecule has 0 aliphatic rings. The van der Waals surface area contributed by atoms with Gasteiger partial charge in [0.25, 0.3) is 5.91 Å². The molecule has 41 heavy (non-hydrogen) atoms. The largest absolute Gasteiger partial charge is 0.490 e. The van der Waals surface area contributed by atoms with Crippen LogP contribution in [0.25, 0.3) is 16.9 Å². The molecule has 0 unspecified atom stereocenters. The Labute approximate surface area is 240 Å². The number of benzene rings is 4. The number of anilines is 1. The number of nitrogens with one attached hydrogen (secondary N) is 1. The number of para-hydroxylation sites is 1. The molecule has 1 aromatic heterocycles. The van der Waals surface area contributed by atoms with E-state index < -0.39 is 0 Å². The monoisotopic (exact) mass is 547 g/mol. The lowest BCUT2D eigenvalue weighted by atomic mass is 10.1. The maximum atomic E-state index is 13.6. The number of aromatic nitrogens is 2. The zero-order valence-electron chi connectivity index (χ0n) is 23.5. The summed E-state index contributed by atoms with van der Waals surface area (Å²) in [5.41, 5.74) is 5.31. The first-order chi connectivity index (χ1) is 20.1. The summed E-state index contributed by atoms with van der Waals surface area (Å²) >= 11 is 0. The third-order valence-electron chi connectivity index (χ3n) is 6.52. The Bertz CT molecular complexity index is 1600. The zero-order chi connectivity index (χ0) is 28.6. The van der Waals surface area contributed by atoms with Crippen LogP contribution in [-0.2, 0) is 6.61 Å². The molecule has 0 aliphatic carbocycles. The fourth-order valence-corrected chi connectivity index (χ4v) is 4.57. The van der Waals surface area contributed by atoms with Gasteiger partial charge >= 0.3 is 0 Å². The Morgan fingerprint density at radius 1 is 0.780 bits per heavy atom. The Kier molecular flexibility index (Phi) is 8.64. The smallest absolute Gasteiger partial charge is 0.259 e. The number of carbonyl (C=O) groups is 1. The van der Waals surface area contributed by atoms with Crippen molar-refractivity contribution in [2.75, 3.05) is 18.5 Å². The first-order valence-electron chi connectivity index (χ1n) is 13.7. The van der Waals surface area contributed by atoms with Crippen molar-refractivity contribution >= 4 is 11.6 Å². The van der Waals surface area contributed by atoms with Crippen LogP contribution in [0.2, 0.25) is 0 Å². The van der Waals surface area contributed by atoms with E-state index >= 15 is 0 Å². The van der Waals surface area contributed by atoms with Gasteiger partial charge in [0.1, 0.15) is 18.1 Å². The molecule has 208 valence electrons. The van der Waals surface area contributed by atoms with Gasteiger partial charge in [-0.2, -0.15) is 5.10 Å². The van der Waals surface area contributed by atoms with Crippen molar-refractivity contribution in [2.45, 2.75) is 27.4 Å².